The Hall–Kier alpha value is -1.21. The lowest BCUT2D eigenvalue weighted by Gasteiger charge is -2.15. The van der Waals surface area contributed by atoms with Crippen LogP contribution in [0.4, 0.5) is 0 Å². The summed E-state index contributed by atoms with van der Waals surface area (Å²) in [4.78, 5) is 0. The second kappa shape index (κ2) is 7.17. The van der Waals surface area contributed by atoms with Crippen molar-refractivity contribution in [2.75, 3.05) is 33.5 Å². The van der Waals surface area contributed by atoms with E-state index in [1.54, 1.807) is 7.11 Å². The summed E-state index contributed by atoms with van der Waals surface area (Å²) in [6, 6.07) is 3.79. The van der Waals surface area contributed by atoms with Crippen molar-refractivity contribution in [1.82, 2.24) is 10.6 Å². The SMILES string of the molecule is COc1cc2c(cc1CNCC1CNCC1O)OCO2.Cl. The van der Waals surface area contributed by atoms with E-state index in [0.717, 1.165) is 35.9 Å². The molecule has 1 aromatic carbocycles. The van der Waals surface area contributed by atoms with E-state index >= 15 is 0 Å². The van der Waals surface area contributed by atoms with Crippen LogP contribution < -0.4 is 24.8 Å². The second-order valence-corrected chi connectivity index (χ2v) is 5.13. The van der Waals surface area contributed by atoms with Crippen molar-refractivity contribution >= 4 is 12.4 Å². The highest BCUT2D eigenvalue weighted by Crippen LogP contribution is 2.37. The molecule has 21 heavy (non-hydrogen) atoms. The third kappa shape index (κ3) is 3.52. The van der Waals surface area contributed by atoms with Crippen molar-refractivity contribution in [3.63, 3.8) is 0 Å². The first kappa shape index (κ1) is 16.2. The minimum atomic E-state index is -0.263. The third-order valence-corrected chi connectivity index (χ3v) is 3.80. The number of hydrogen-bond donors (Lipinski definition) is 3. The summed E-state index contributed by atoms with van der Waals surface area (Å²) in [5.74, 6) is 2.52. The number of nitrogens with one attached hydrogen (secondary N) is 2. The van der Waals surface area contributed by atoms with Crippen LogP contribution in [-0.2, 0) is 6.54 Å². The maximum atomic E-state index is 9.75. The van der Waals surface area contributed by atoms with E-state index in [0.29, 0.717) is 13.1 Å². The number of methoxy groups -OCH3 is 1. The van der Waals surface area contributed by atoms with Gasteiger partial charge in [0, 0.05) is 43.7 Å². The Bertz CT molecular complexity index is 486. The Labute approximate surface area is 130 Å². The molecule has 0 bridgehead atoms. The van der Waals surface area contributed by atoms with Gasteiger partial charge in [-0.3, -0.25) is 0 Å². The average molecular weight is 317 g/mol. The summed E-state index contributed by atoms with van der Waals surface area (Å²) in [6.07, 6.45) is -0.263. The lowest BCUT2D eigenvalue weighted by atomic mass is 10.1. The van der Waals surface area contributed by atoms with Crippen LogP contribution in [0.3, 0.4) is 0 Å². The largest absolute Gasteiger partial charge is 0.496 e. The normalized spacial score (nSPS) is 23.0. The Balaban J connectivity index is 0.00000161. The molecule has 1 aromatic rings. The molecule has 3 rings (SSSR count). The average Bonchev–Trinajstić information content (AvgIpc) is 3.06. The highest BCUT2D eigenvalue weighted by atomic mass is 35.5. The van der Waals surface area contributed by atoms with Crippen molar-refractivity contribution in [3.05, 3.63) is 17.7 Å². The molecule has 0 spiro atoms. The number of aliphatic hydroxyl groups excluding tert-OH is 1. The first-order valence-corrected chi connectivity index (χ1v) is 6.84. The molecule has 0 amide bonds. The van der Waals surface area contributed by atoms with Crippen LogP contribution in [0.25, 0.3) is 0 Å². The van der Waals surface area contributed by atoms with Gasteiger partial charge in [-0.2, -0.15) is 0 Å². The van der Waals surface area contributed by atoms with Gasteiger partial charge in [-0.05, 0) is 6.07 Å². The van der Waals surface area contributed by atoms with Crippen molar-refractivity contribution < 1.29 is 19.3 Å². The molecule has 2 aliphatic heterocycles. The van der Waals surface area contributed by atoms with Crippen molar-refractivity contribution in [1.29, 1.82) is 0 Å². The Morgan fingerprint density at radius 1 is 1.33 bits per heavy atom. The van der Waals surface area contributed by atoms with Gasteiger partial charge in [-0.25, -0.2) is 0 Å². The van der Waals surface area contributed by atoms with Crippen LogP contribution in [0.5, 0.6) is 17.2 Å². The number of β-amino-alcohol motifs (C(OH)–C–C–N with tert-alkyl or cyclic N) is 1. The van der Waals surface area contributed by atoms with Gasteiger partial charge in [0.1, 0.15) is 5.75 Å². The maximum Gasteiger partial charge on any atom is 0.231 e. The van der Waals surface area contributed by atoms with Crippen LogP contribution >= 0.6 is 12.4 Å². The number of fused-ring (bicyclic) bond motifs is 1. The Kier molecular flexibility index (Phi) is 5.52. The van der Waals surface area contributed by atoms with Gasteiger partial charge in [-0.15, -0.1) is 12.4 Å². The highest BCUT2D eigenvalue weighted by molar-refractivity contribution is 5.85. The van der Waals surface area contributed by atoms with Crippen molar-refractivity contribution in [2.24, 2.45) is 5.92 Å². The number of aliphatic hydroxyl groups is 1. The fourth-order valence-electron chi connectivity index (χ4n) is 2.61. The number of rotatable bonds is 5. The standard InChI is InChI=1S/C14H20N2O4.ClH/c1-18-12-3-14-13(19-8-20-14)2-9(12)4-15-5-10-6-16-7-11(10)17;/h2-3,10-11,15-17H,4-8H2,1H3;1H. The highest BCUT2D eigenvalue weighted by Gasteiger charge is 2.24. The molecule has 3 N–H and O–H groups in total. The fraction of sp³-hybridized carbons (Fsp3) is 0.571. The minimum absolute atomic E-state index is 0. The molecule has 2 atom stereocenters. The molecule has 118 valence electrons. The maximum absolute atomic E-state index is 9.75. The number of halogens is 1. The zero-order chi connectivity index (χ0) is 13.9. The Morgan fingerprint density at radius 2 is 2.10 bits per heavy atom. The zero-order valence-corrected chi connectivity index (χ0v) is 12.7. The van der Waals surface area contributed by atoms with Crippen molar-refractivity contribution in [3.8, 4) is 17.2 Å². The summed E-state index contributed by atoms with van der Waals surface area (Å²) in [5.41, 5.74) is 1.03. The van der Waals surface area contributed by atoms with Gasteiger partial charge >= 0.3 is 0 Å². The predicted octanol–water partition coefficient (Wildman–Crippen LogP) is 0.516. The lowest BCUT2D eigenvalue weighted by Crippen LogP contribution is -2.30. The van der Waals surface area contributed by atoms with Crippen LogP contribution in [0.2, 0.25) is 0 Å². The van der Waals surface area contributed by atoms with Gasteiger partial charge in [0.2, 0.25) is 6.79 Å². The summed E-state index contributed by atoms with van der Waals surface area (Å²) in [7, 11) is 1.64. The molecule has 6 nitrogen and oxygen atoms in total. The monoisotopic (exact) mass is 316 g/mol. The lowest BCUT2D eigenvalue weighted by molar-refractivity contribution is 0.146. The predicted molar refractivity (Wildman–Crippen MR) is 80.4 cm³/mol. The molecule has 2 unspecified atom stereocenters. The molecule has 2 aliphatic rings. The second-order valence-electron chi connectivity index (χ2n) is 5.13. The molecule has 1 saturated heterocycles. The molecule has 0 aromatic heterocycles. The molecule has 1 fully saturated rings. The molecular formula is C14H21ClN2O4. The summed E-state index contributed by atoms with van der Waals surface area (Å²) in [5, 5.41) is 16.3. The third-order valence-electron chi connectivity index (χ3n) is 3.80. The summed E-state index contributed by atoms with van der Waals surface area (Å²) in [6.45, 7) is 3.23. The van der Waals surface area contributed by atoms with Gasteiger partial charge in [0.05, 0.1) is 13.2 Å². The quantitative estimate of drug-likeness (QED) is 0.735. The molecule has 0 aliphatic carbocycles. The fourth-order valence-corrected chi connectivity index (χ4v) is 2.61. The van der Waals surface area contributed by atoms with E-state index < -0.39 is 0 Å². The first-order chi connectivity index (χ1) is 9.78. The van der Waals surface area contributed by atoms with Crippen molar-refractivity contribution in [2.45, 2.75) is 12.6 Å². The van der Waals surface area contributed by atoms with Crippen LogP contribution in [0, 0.1) is 5.92 Å². The van der Waals surface area contributed by atoms with Crippen LogP contribution in [0.1, 0.15) is 5.56 Å². The molecule has 7 heteroatoms. The molecular weight excluding hydrogens is 296 g/mol. The van der Waals surface area contributed by atoms with Gasteiger partial charge in [0.25, 0.3) is 0 Å². The zero-order valence-electron chi connectivity index (χ0n) is 11.9. The van der Waals surface area contributed by atoms with E-state index in [4.69, 9.17) is 14.2 Å². The van der Waals surface area contributed by atoms with E-state index in [-0.39, 0.29) is 31.2 Å². The van der Waals surface area contributed by atoms with Gasteiger partial charge in [0.15, 0.2) is 11.5 Å². The Morgan fingerprint density at radius 3 is 2.76 bits per heavy atom. The van der Waals surface area contributed by atoms with E-state index in [1.807, 2.05) is 12.1 Å². The van der Waals surface area contributed by atoms with Gasteiger partial charge < -0.3 is 30.0 Å². The number of ether oxygens (including phenoxy) is 3. The van der Waals surface area contributed by atoms with E-state index in [9.17, 15) is 5.11 Å². The summed E-state index contributed by atoms with van der Waals surface area (Å²) < 4.78 is 16.1. The first-order valence-electron chi connectivity index (χ1n) is 6.84. The number of hydrogen-bond acceptors (Lipinski definition) is 6. The molecule has 0 saturated carbocycles. The number of benzene rings is 1. The topological polar surface area (TPSA) is 72.0 Å². The van der Waals surface area contributed by atoms with Crippen LogP contribution in [-0.4, -0.2) is 44.7 Å². The van der Waals surface area contributed by atoms with Gasteiger partial charge in [-0.1, -0.05) is 0 Å². The summed E-state index contributed by atoms with van der Waals surface area (Å²) >= 11 is 0. The molecule has 2 heterocycles. The minimum Gasteiger partial charge on any atom is -0.496 e. The smallest absolute Gasteiger partial charge is 0.231 e. The van der Waals surface area contributed by atoms with Crippen LogP contribution in [0.15, 0.2) is 12.1 Å². The molecule has 0 radical (unpaired) electrons. The van der Waals surface area contributed by atoms with E-state index in [1.165, 1.54) is 0 Å². The van der Waals surface area contributed by atoms with E-state index in [2.05, 4.69) is 10.6 Å².